The van der Waals surface area contributed by atoms with Crippen LogP contribution in [0, 0.1) is 0 Å². The summed E-state index contributed by atoms with van der Waals surface area (Å²) < 4.78 is 6.51. The highest BCUT2D eigenvalue weighted by Gasteiger charge is 2.14. The largest absolute Gasteiger partial charge is 0.453 e. The highest BCUT2D eigenvalue weighted by molar-refractivity contribution is 9.10. The quantitative estimate of drug-likeness (QED) is 0.810. The van der Waals surface area contributed by atoms with E-state index in [0.717, 1.165) is 16.6 Å². The van der Waals surface area contributed by atoms with Gasteiger partial charge in [0.25, 0.3) is 0 Å². The molecule has 0 fully saturated rings. The van der Waals surface area contributed by atoms with Crippen LogP contribution in [0.4, 0.5) is 0 Å². The van der Waals surface area contributed by atoms with Gasteiger partial charge in [0.15, 0.2) is 6.73 Å². The Morgan fingerprint density at radius 3 is 2.71 bits per heavy atom. The van der Waals surface area contributed by atoms with E-state index in [1.165, 1.54) is 0 Å². The zero-order valence-electron chi connectivity index (χ0n) is 7.90. The molecule has 0 radical (unpaired) electrons. The van der Waals surface area contributed by atoms with Crippen molar-refractivity contribution in [3.63, 3.8) is 0 Å². The van der Waals surface area contributed by atoms with Gasteiger partial charge in [0.2, 0.25) is 5.90 Å². The molecule has 4 heteroatoms. The second kappa shape index (κ2) is 4.00. The van der Waals surface area contributed by atoms with Gasteiger partial charge in [-0.3, -0.25) is 5.01 Å². The van der Waals surface area contributed by atoms with Crippen LogP contribution in [0.3, 0.4) is 0 Å². The van der Waals surface area contributed by atoms with Gasteiger partial charge >= 0.3 is 0 Å². The van der Waals surface area contributed by atoms with E-state index >= 15 is 0 Å². The first-order valence-corrected chi connectivity index (χ1v) is 5.31. The Kier molecular flexibility index (Phi) is 2.72. The number of rotatable bonds is 2. The summed E-state index contributed by atoms with van der Waals surface area (Å²) in [5.74, 6) is 0.708. The van der Waals surface area contributed by atoms with E-state index in [0.29, 0.717) is 12.6 Å². The van der Waals surface area contributed by atoms with E-state index < -0.39 is 0 Å². The topological polar surface area (TPSA) is 24.8 Å². The molecule has 0 unspecified atom stereocenters. The number of ether oxygens (including phenoxy) is 1. The number of halogens is 1. The molecule has 0 aliphatic carbocycles. The lowest BCUT2D eigenvalue weighted by Crippen LogP contribution is -2.12. The fourth-order valence-corrected chi connectivity index (χ4v) is 1.48. The number of hydrogen-bond donors (Lipinski definition) is 0. The van der Waals surface area contributed by atoms with Crippen molar-refractivity contribution in [2.75, 3.05) is 13.3 Å². The molecule has 0 saturated carbocycles. The third-order valence-corrected chi connectivity index (χ3v) is 2.57. The van der Waals surface area contributed by atoms with Crippen LogP contribution >= 0.6 is 15.9 Å². The van der Waals surface area contributed by atoms with Crippen molar-refractivity contribution in [2.45, 2.75) is 6.92 Å². The predicted octanol–water partition coefficient (Wildman–Crippen LogP) is 2.42. The Hall–Kier alpha value is -1.03. The maximum Gasteiger partial charge on any atom is 0.240 e. The Balaban J connectivity index is 2.20. The molecule has 0 amide bonds. The van der Waals surface area contributed by atoms with Crippen LogP contribution in [-0.4, -0.2) is 24.2 Å². The van der Waals surface area contributed by atoms with Gasteiger partial charge in [0.1, 0.15) is 0 Å². The average Bonchev–Trinajstić information content (AvgIpc) is 2.67. The molecule has 0 aromatic heterocycles. The molecule has 3 nitrogen and oxygen atoms in total. The predicted molar refractivity (Wildman–Crippen MR) is 59.0 cm³/mol. The van der Waals surface area contributed by atoms with Gasteiger partial charge in [-0.1, -0.05) is 15.9 Å². The van der Waals surface area contributed by atoms with Crippen molar-refractivity contribution in [3.05, 3.63) is 34.3 Å². The zero-order valence-corrected chi connectivity index (χ0v) is 9.49. The van der Waals surface area contributed by atoms with Crippen LogP contribution in [-0.2, 0) is 4.74 Å². The molecule has 1 aliphatic heterocycles. The third-order valence-electron chi connectivity index (χ3n) is 2.04. The summed E-state index contributed by atoms with van der Waals surface area (Å²) in [7, 11) is 0. The SMILES string of the molecule is CCN1COC(c2ccc(Br)cc2)=N1. The van der Waals surface area contributed by atoms with Crippen molar-refractivity contribution in [1.29, 1.82) is 0 Å². The summed E-state index contributed by atoms with van der Waals surface area (Å²) in [5.41, 5.74) is 1.02. The molecule has 1 aromatic rings. The van der Waals surface area contributed by atoms with Gasteiger partial charge in [-0.15, -0.1) is 5.10 Å². The summed E-state index contributed by atoms with van der Waals surface area (Å²) in [6, 6.07) is 7.94. The summed E-state index contributed by atoms with van der Waals surface area (Å²) in [6.45, 7) is 3.49. The molecule has 14 heavy (non-hydrogen) atoms. The second-order valence-corrected chi connectivity index (χ2v) is 3.92. The lowest BCUT2D eigenvalue weighted by molar-refractivity contribution is 0.176. The van der Waals surface area contributed by atoms with Gasteiger partial charge in [-0.05, 0) is 31.2 Å². The zero-order chi connectivity index (χ0) is 9.97. The Morgan fingerprint density at radius 2 is 2.14 bits per heavy atom. The maximum absolute atomic E-state index is 5.44. The lowest BCUT2D eigenvalue weighted by atomic mass is 10.2. The molecular weight excluding hydrogens is 244 g/mol. The molecule has 0 N–H and O–H groups in total. The van der Waals surface area contributed by atoms with Crippen LogP contribution in [0.1, 0.15) is 12.5 Å². The minimum atomic E-state index is 0.557. The molecule has 1 aliphatic rings. The average molecular weight is 255 g/mol. The van der Waals surface area contributed by atoms with E-state index in [-0.39, 0.29) is 0 Å². The number of hydrazone groups is 1. The lowest BCUT2D eigenvalue weighted by Gasteiger charge is -2.04. The van der Waals surface area contributed by atoms with Crippen molar-refractivity contribution in [3.8, 4) is 0 Å². The summed E-state index contributed by atoms with van der Waals surface area (Å²) in [5, 5.41) is 6.21. The van der Waals surface area contributed by atoms with Crippen molar-refractivity contribution in [1.82, 2.24) is 5.01 Å². The first kappa shape index (κ1) is 9.52. The van der Waals surface area contributed by atoms with E-state index in [1.54, 1.807) is 0 Å². The summed E-state index contributed by atoms with van der Waals surface area (Å²) in [4.78, 5) is 0. The number of nitrogens with zero attached hydrogens (tertiary/aromatic N) is 2. The van der Waals surface area contributed by atoms with Gasteiger partial charge in [0, 0.05) is 16.6 Å². The van der Waals surface area contributed by atoms with Crippen molar-refractivity contribution >= 4 is 21.8 Å². The van der Waals surface area contributed by atoms with Crippen molar-refractivity contribution < 1.29 is 4.74 Å². The number of benzene rings is 1. The van der Waals surface area contributed by atoms with Crippen molar-refractivity contribution in [2.24, 2.45) is 5.10 Å². The summed E-state index contributed by atoms with van der Waals surface area (Å²) >= 11 is 3.39. The molecule has 1 aromatic carbocycles. The molecule has 74 valence electrons. The van der Waals surface area contributed by atoms with Crippen LogP contribution in [0.15, 0.2) is 33.8 Å². The molecule has 2 rings (SSSR count). The van der Waals surface area contributed by atoms with E-state index in [4.69, 9.17) is 4.74 Å². The Morgan fingerprint density at radius 1 is 1.43 bits per heavy atom. The molecule has 1 heterocycles. The van der Waals surface area contributed by atoms with Gasteiger partial charge in [0.05, 0.1) is 0 Å². The van der Waals surface area contributed by atoms with Crippen LogP contribution in [0.2, 0.25) is 0 Å². The number of hydrogen-bond acceptors (Lipinski definition) is 3. The van der Waals surface area contributed by atoms with E-state index in [9.17, 15) is 0 Å². The normalized spacial score (nSPS) is 15.3. The third kappa shape index (κ3) is 1.90. The standard InChI is InChI=1S/C10H11BrN2O/c1-2-13-7-14-10(12-13)8-3-5-9(11)6-4-8/h3-6H,2,7H2,1H3. The molecule has 0 saturated heterocycles. The molecule has 0 atom stereocenters. The molecular formula is C10H11BrN2O. The first-order chi connectivity index (χ1) is 6.79. The summed E-state index contributed by atoms with van der Waals surface area (Å²) in [6.07, 6.45) is 0. The second-order valence-electron chi connectivity index (χ2n) is 3.01. The Labute approximate surface area is 91.5 Å². The highest BCUT2D eigenvalue weighted by Crippen LogP contribution is 2.14. The van der Waals surface area contributed by atoms with E-state index in [2.05, 4.69) is 28.0 Å². The minimum absolute atomic E-state index is 0.557. The van der Waals surface area contributed by atoms with E-state index in [1.807, 2.05) is 29.3 Å². The van der Waals surface area contributed by atoms with Gasteiger partial charge < -0.3 is 4.74 Å². The highest BCUT2D eigenvalue weighted by atomic mass is 79.9. The monoisotopic (exact) mass is 254 g/mol. The maximum atomic E-state index is 5.44. The first-order valence-electron chi connectivity index (χ1n) is 4.52. The smallest absolute Gasteiger partial charge is 0.240 e. The minimum Gasteiger partial charge on any atom is -0.453 e. The van der Waals surface area contributed by atoms with Gasteiger partial charge in [-0.2, -0.15) is 0 Å². The fraction of sp³-hybridized carbons (Fsp3) is 0.300. The molecule has 0 bridgehead atoms. The Bertz CT molecular complexity index is 348. The van der Waals surface area contributed by atoms with Crippen LogP contribution < -0.4 is 0 Å². The van der Waals surface area contributed by atoms with Crippen LogP contribution in [0.25, 0.3) is 0 Å². The van der Waals surface area contributed by atoms with Gasteiger partial charge in [-0.25, -0.2) is 0 Å². The molecule has 0 spiro atoms. The fourth-order valence-electron chi connectivity index (χ4n) is 1.22. The van der Waals surface area contributed by atoms with Crippen LogP contribution in [0.5, 0.6) is 0 Å².